The van der Waals surface area contributed by atoms with Gasteiger partial charge in [-0.15, -0.1) is 0 Å². The molecule has 2 aromatic carbocycles. The van der Waals surface area contributed by atoms with E-state index in [1.807, 2.05) is 36.4 Å². The van der Waals surface area contributed by atoms with Crippen molar-refractivity contribution in [2.75, 3.05) is 14.2 Å². The van der Waals surface area contributed by atoms with Crippen molar-refractivity contribution in [1.29, 1.82) is 0 Å². The Morgan fingerprint density at radius 2 is 1.57 bits per heavy atom. The number of rotatable bonds is 6. The SMILES string of the molecule is COc1ccc(COc2cc(OC)ccc2C(C)O)cc1. The fourth-order valence-electron chi connectivity index (χ4n) is 1.99. The van der Waals surface area contributed by atoms with Gasteiger partial charge in [-0.2, -0.15) is 0 Å². The van der Waals surface area contributed by atoms with Gasteiger partial charge < -0.3 is 19.3 Å². The number of hydrogen-bond acceptors (Lipinski definition) is 4. The molecule has 1 atom stereocenters. The van der Waals surface area contributed by atoms with E-state index >= 15 is 0 Å². The van der Waals surface area contributed by atoms with Crippen LogP contribution < -0.4 is 14.2 Å². The van der Waals surface area contributed by atoms with Crippen molar-refractivity contribution < 1.29 is 19.3 Å². The van der Waals surface area contributed by atoms with E-state index in [2.05, 4.69) is 0 Å². The van der Waals surface area contributed by atoms with Gasteiger partial charge in [0, 0.05) is 11.6 Å². The summed E-state index contributed by atoms with van der Waals surface area (Å²) in [5.74, 6) is 2.13. The third-order valence-corrected chi connectivity index (χ3v) is 3.22. The van der Waals surface area contributed by atoms with Gasteiger partial charge in [0.05, 0.1) is 20.3 Å². The minimum Gasteiger partial charge on any atom is -0.497 e. The molecule has 0 radical (unpaired) electrons. The quantitative estimate of drug-likeness (QED) is 0.885. The predicted octanol–water partition coefficient (Wildman–Crippen LogP) is 3.34. The van der Waals surface area contributed by atoms with Crippen molar-refractivity contribution in [2.45, 2.75) is 19.6 Å². The second kappa shape index (κ2) is 6.99. The maximum atomic E-state index is 9.80. The lowest BCUT2D eigenvalue weighted by Crippen LogP contribution is -2.01. The zero-order chi connectivity index (χ0) is 15.2. The van der Waals surface area contributed by atoms with Gasteiger partial charge in [-0.05, 0) is 36.8 Å². The molecule has 4 heteroatoms. The highest BCUT2D eigenvalue weighted by Gasteiger charge is 2.11. The topological polar surface area (TPSA) is 47.9 Å². The Hall–Kier alpha value is -2.20. The number of hydrogen-bond donors (Lipinski definition) is 1. The molecule has 0 amide bonds. The van der Waals surface area contributed by atoms with E-state index in [9.17, 15) is 5.11 Å². The van der Waals surface area contributed by atoms with E-state index in [1.165, 1.54) is 0 Å². The average molecular weight is 288 g/mol. The number of aliphatic hydroxyl groups is 1. The largest absolute Gasteiger partial charge is 0.497 e. The Balaban J connectivity index is 2.13. The Morgan fingerprint density at radius 3 is 2.14 bits per heavy atom. The summed E-state index contributed by atoms with van der Waals surface area (Å²) in [5, 5.41) is 9.80. The van der Waals surface area contributed by atoms with E-state index in [1.54, 1.807) is 27.2 Å². The Kier molecular flexibility index (Phi) is 5.06. The Labute approximate surface area is 124 Å². The molecule has 2 rings (SSSR count). The highest BCUT2D eigenvalue weighted by atomic mass is 16.5. The second-order valence-electron chi connectivity index (χ2n) is 4.72. The van der Waals surface area contributed by atoms with Gasteiger partial charge in [-0.1, -0.05) is 12.1 Å². The first-order valence-corrected chi connectivity index (χ1v) is 6.75. The third kappa shape index (κ3) is 3.89. The van der Waals surface area contributed by atoms with Crippen LogP contribution >= 0.6 is 0 Å². The lowest BCUT2D eigenvalue weighted by molar-refractivity contribution is 0.190. The van der Waals surface area contributed by atoms with Crippen LogP contribution in [-0.4, -0.2) is 19.3 Å². The van der Waals surface area contributed by atoms with Crippen LogP contribution in [0.5, 0.6) is 17.2 Å². The van der Waals surface area contributed by atoms with Gasteiger partial charge in [0.1, 0.15) is 23.9 Å². The molecule has 0 bridgehead atoms. The van der Waals surface area contributed by atoms with Crippen molar-refractivity contribution in [2.24, 2.45) is 0 Å². The smallest absolute Gasteiger partial charge is 0.129 e. The molecule has 0 aliphatic rings. The summed E-state index contributed by atoms with van der Waals surface area (Å²) in [6, 6.07) is 13.1. The summed E-state index contributed by atoms with van der Waals surface area (Å²) in [5.41, 5.74) is 1.76. The van der Waals surface area contributed by atoms with Crippen molar-refractivity contribution in [3.8, 4) is 17.2 Å². The summed E-state index contributed by atoms with van der Waals surface area (Å²) in [4.78, 5) is 0. The molecular formula is C17H20O4. The van der Waals surface area contributed by atoms with Crippen molar-refractivity contribution in [1.82, 2.24) is 0 Å². The predicted molar refractivity (Wildman–Crippen MR) is 81.0 cm³/mol. The Morgan fingerprint density at radius 1 is 0.952 bits per heavy atom. The van der Waals surface area contributed by atoms with E-state index in [0.717, 1.165) is 16.9 Å². The molecule has 0 aliphatic carbocycles. The van der Waals surface area contributed by atoms with E-state index in [-0.39, 0.29) is 0 Å². The zero-order valence-electron chi connectivity index (χ0n) is 12.5. The van der Waals surface area contributed by atoms with E-state index < -0.39 is 6.10 Å². The third-order valence-electron chi connectivity index (χ3n) is 3.22. The molecule has 0 spiro atoms. The fourth-order valence-corrected chi connectivity index (χ4v) is 1.99. The minimum atomic E-state index is -0.596. The molecule has 112 valence electrons. The lowest BCUT2D eigenvalue weighted by atomic mass is 10.1. The van der Waals surface area contributed by atoms with E-state index in [4.69, 9.17) is 14.2 Å². The van der Waals surface area contributed by atoms with Gasteiger partial charge >= 0.3 is 0 Å². The molecule has 21 heavy (non-hydrogen) atoms. The van der Waals surface area contributed by atoms with Crippen molar-refractivity contribution >= 4 is 0 Å². The molecule has 1 N–H and O–H groups in total. The van der Waals surface area contributed by atoms with Crippen LogP contribution in [0.3, 0.4) is 0 Å². The van der Waals surface area contributed by atoms with Gasteiger partial charge in [0.2, 0.25) is 0 Å². The van der Waals surface area contributed by atoms with Gasteiger partial charge in [0.15, 0.2) is 0 Å². The molecule has 2 aromatic rings. The summed E-state index contributed by atoms with van der Waals surface area (Å²) >= 11 is 0. The highest BCUT2D eigenvalue weighted by molar-refractivity contribution is 5.42. The maximum Gasteiger partial charge on any atom is 0.129 e. The number of benzene rings is 2. The maximum absolute atomic E-state index is 9.80. The first-order valence-electron chi connectivity index (χ1n) is 6.75. The standard InChI is InChI=1S/C17H20O4/c1-12(18)16-9-8-15(20-3)10-17(16)21-11-13-4-6-14(19-2)7-5-13/h4-10,12,18H,11H2,1-3H3. The fraction of sp³-hybridized carbons (Fsp3) is 0.294. The van der Waals surface area contributed by atoms with Crippen LogP contribution in [0.4, 0.5) is 0 Å². The summed E-state index contributed by atoms with van der Waals surface area (Å²) in [6.07, 6.45) is -0.596. The van der Waals surface area contributed by atoms with Crippen LogP contribution in [0.2, 0.25) is 0 Å². The molecule has 1 unspecified atom stereocenters. The van der Waals surface area contributed by atoms with Crippen LogP contribution in [0.1, 0.15) is 24.2 Å². The highest BCUT2D eigenvalue weighted by Crippen LogP contribution is 2.30. The van der Waals surface area contributed by atoms with Crippen LogP contribution in [-0.2, 0) is 6.61 Å². The summed E-state index contributed by atoms with van der Waals surface area (Å²) in [7, 11) is 3.24. The number of aliphatic hydroxyl groups excluding tert-OH is 1. The minimum absolute atomic E-state index is 0.414. The average Bonchev–Trinajstić information content (AvgIpc) is 2.52. The molecule has 0 aliphatic heterocycles. The van der Waals surface area contributed by atoms with Gasteiger partial charge in [0.25, 0.3) is 0 Å². The normalized spacial score (nSPS) is 11.8. The Bertz CT molecular complexity index is 576. The number of methoxy groups -OCH3 is 2. The van der Waals surface area contributed by atoms with Crippen LogP contribution in [0, 0.1) is 0 Å². The van der Waals surface area contributed by atoms with E-state index in [0.29, 0.717) is 18.1 Å². The lowest BCUT2D eigenvalue weighted by Gasteiger charge is -2.15. The molecule has 0 saturated carbocycles. The van der Waals surface area contributed by atoms with Crippen LogP contribution in [0.25, 0.3) is 0 Å². The molecule has 0 aromatic heterocycles. The van der Waals surface area contributed by atoms with Gasteiger partial charge in [-0.3, -0.25) is 0 Å². The molecular weight excluding hydrogens is 268 g/mol. The molecule has 0 fully saturated rings. The van der Waals surface area contributed by atoms with Crippen LogP contribution in [0.15, 0.2) is 42.5 Å². The zero-order valence-corrected chi connectivity index (χ0v) is 12.5. The first-order chi connectivity index (χ1) is 10.1. The number of ether oxygens (including phenoxy) is 3. The van der Waals surface area contributed by atoms with Crippen molar-refractivity contribution in [3.63, 3.8) is 0 Å². The second-order valence-corrected chi connectivity index (χ2v) is 4.72. The monoisotopic (exact) mass is 288 g/mol. The molecule has 0 saturated heterocycles. The molecule has 0 heterocycles. The van der Waals surface area contributed by atoms with Crippen molar-refractivity contribution in [3.05, 3.63) is 53.6 Å². The summed E-state index contributed by atoms with van der Waals surface area (Å²) in [6.45, 7) is 2.12. The molecule has 4 nitrogen and oxygen atoms in total. The first kappa shape index (κ1) is 15.2. The summed E-state index contributed by atoms with van der Waals surface area (Å²) < 4.78 is 16.1. The van der Waals surface area contributed by atoms with Gasteiger partial charge in [-0.25, -0.2) is 0 Å².